The summed E-state index contributed by atoms with van der Waals surface area (Å²) in [6.07, 6.45) is 9.80. The second-order valence-corrected chi connectivity index (χ2v) is 7.10. The molecule has 5 rings (SSSR count). The van der Waals surface area contributed by atoms with Crippen molar-refractivity contribution in [1.29, 1.82) is 0 Å². The van der Waals surface area contributed by atoms with Gasteiger partial charge in [-0.1, -0.05) is 24.3 Å². The Bertz CT molecular complexity index is 1320. The fourth-order valence-electron chi connectivity index (χ4n) is 3.52. The second kappa shape index (κ2) is 8.23. The standard InChI is InChI=1S/C24H20N6O/c31-24(26-14-11-18-9-12-25-13-10-18)22-21-8-4-5-15-30(21)23(28-22)20-16-29(17-27-20)19-6-2-1-3-7-19/h1-10,12-13,15-17H,11,14H2,(H,26,31). The molecule has 0 unspecified atom stereocenters. The molecule has 152 valence electrons. The van der Waals surface area contributed by atoms with Gasteiger partial charge in [-0.2, -0.15) is 0 Å². The maximum Gasteiger partial charge on any atom is 0.272 e. The number of hydrogen-bond acceptors (Lipinski definition) is 4. The molecule has 7 heteroatoms. The molecule has 31 heavy (non-hydrogen) atoms. The summed E-state index contributed by atoms with van der Waals surface area (Å²) >= 11 is 0. The Morgan fingerprint density at radius 3 is 2.61 bits per heavy atom. The van der Waals surface area contributed by atoms with Crippen molar-refractivity contribution in [2.24, 2.45) is 0 Å². The third-order valence-corrected chi connectivity index (χ3v) is 5.08. The smallest absolute Gasteiger partial charge is 0.272 e. The van der Waals surface area contributed by atoms with Crippen LogP contribution in [0.3, 0.4) is 0 Å². The number of nitrogens with one attached hydrogen (secondary N) is 1. The largest absolute Gasteiger partial charge is 0.350 e. The Balaban J connectivity index is 1.42. The van der Waals surface area contributed by atoms with Crippen LogP contribution in [-0.2, 0) is 6.42 Å². The molecule has 0 aliphatic carbocycles. The summed E-state index contributed by atoms with van der Waals surface area (Å²) in [5.74, 6) is 0.427. The minimum Gasteiger partial charge on any atom is -0.350 e. The number of benzene rings is 1. The Labute approximate surface area is 179 Å². The van der Waals surface area contributed by atoms with Crippen LogP contribution >= 0.6 is 0 Å². The van der Waals surface area contributed by atoms with Crippen LogP contribution in [0.2, 0.25) is 0 Å². The molecule has 5 aromatic rings. The first kappa shape index (κ1) is 18.7. The fraction of sp³-hybridized carbons (Fsp3) is 0.0833. The molecule has 4 heterocycles. The Morgan fingerprint density at radius 2 is 1.77 bits per heavy atom. The highest BCUT2D eigenvalue weighted by molar-refractivity contribution is 5.99. The first-order chi connectivity index (χ1) is 15.3. The van der Waals surface area contributed by atoms with Crippen molar-refractivity contribution in [3.63, 3.8) is 0 Å². The minimum absolute atomic E-state index is 0.202. The molecule has 0 bridgehead atoms. The summed E-state index contributed by atoms with van der Waals surface area (Å²) in [7, 11) is 0. The molecule has 0 saturated heterocycles. The maximum atomic E-state index is 12.9. The van der Waals surface area contributed by atoms with Gasteiger partial charge in [-0.05, 0) is 48.4 Å². The van der Waals surface area contributed by atoms with E-state index in [1.807, 2.05) is 82.0 Å². The highest BCUT2D eigenvalue weighted by Gasteiger charge is 2.19. The van der Waals surface area contributed by atoms with E-state index in [4.69, 9.17) is 0 Å². The van der Waals surface area contributed by atoms with Crippen LogP contribution < -0.4 is 5.32 Å². The second-order valence-electron chi connectivity index (χ2n) is 7.10. The molecule has 1 aromatic carbocycles. The number of hydrogen-bond donors (Lipinski definition) is 1. The molecule has 0 radical (unpaired) electrons. The number of fused-ring (bicyclic) bond motifs is 1. The predicted molar refractivity (Wildman–Crippen MR) is 118 cm³/mol. The van der Waals surface area contributed by atoms with E-state index in [9.17, 15) is 4.79 Å². The van der Waals surface area contributed by atoms with Crippen LogP contribution in [0.5, 0.6) is 0 Å². The molecule has 0 fully saturated rings. The summed E-state index contributed by atoms with van der Waals surface area (Å²) in [6, 6.07) is 19.6. The highest BCUT2D eigenvalue weighted by Crippen LogP contribution is 2.22. The van der Waals surface area contributed by atoms with Gasteiger partial charge in [-0.15, -0.1) is 0 Å². The van der Waals surface area contributed by atoms with Crippen LogP contribution in [0, 0.1) is 0 Å². The van der Waals surface area contributed by atoms with E-state index in [0.29, 0.717) is 23.8 Å². The normalized spacial score (nSPS) is 11.0. The predicted octanol–water partition coefficient (Wildman–Crippen LogP) is 3.55. The van der Waals surface area contributed by atoms with Crippen LogP contribution in [0.25, 0.3) is 22.7 Å². The van der Waals surface area contributed by atoms with E-state index < -0.39 is 0 Å². The quantitative estimate of drug-likeness (QED) is 0.466. The lowest BCUT2D eigenvalue weighted by Crippen LogP contribution is -2.26. The Kier molecular flexibility index (Phi) is 4.98. The molecular weight excluding hydrogens is 388 g/mol. The Hall–Kier alpha value is -4.26. The van der Waals surface area contributed by atoms with E-state index in [1.54, 1.807) is 18.7 Å². The first-order valence-corrected chi connectivity index (χ1v) is 10.0. The van der Waals surface area contributed by atoms with Crippen LogP contribution in [0.15, 0.2) is 91.8 Å². The van der Waals surface area contributed by atoms with E-state index in [-0.39, 0.29) is 5.91 Å². The molecule has 4 aromatic heterocycles. The van der Waals surface area contributed by atoms with E-state index in [0.717, 1.165) is 23.2 Å². The number of amides is 1. The van der Waals surface area contributed by atoms with Crippen molar-refractivity contribution in [3.8, 4) is 17.2 Å². The van der Waals surface area contributed by atoms with Crippen molar-refractivity contribution in [2.75, 3.05) is 6.54 Å². The minimum atomic E-state index is -0.202. The van der Waals surface area contributed by atoms with Gasteiger partial charge in [0.2, 0.25) is 0 Å². The average Bonchev–Trinajstić information content (AvgIpc) is 3.46. The molecular formula is C24H20N6O. The number of pyridine rings is 2. The summed E-state index contributed by atoms with van der Waals surface area (Å²) in [5.41, 5.74) is 3.96. The molecule has 0 atom stereocenters. The van der Waals surface area contributed by atoms with E-state index in [1.165, 1.54) is 0 Å². The average molecular weight is 408 g/mol. The molecule has 0 aliphatic heterocycles. The lowest BCUT2D eigenvalue weighted by Gasteiger charge is -2.03. The monoisotopic (exact) mass is 408 g/mol. The van der Waals surface area contributed by atoms with Crippen molar-refractivity contribution >= 4 is 11.4 Å². The zero-order valence-corrected chi connectivity index (χ0v) is 16.7. The molecule has 7 nitrogen and oxygen atoms in total. The van der Waals surface area contributed by atoms with Crippen molar-refractivity contribution in [3.05, 3.63) is 103 Å². The molecule has 1 amide bonds. The topological polar surface area (TPSA) is 77.1 Å². The van der Waals surface area contributed by atoms with Gasteiger partial charge in [-0.3, -0.25) is 14.2 Å². The number of nitrogens with zero attached hydrogens (tertiary/aromatic N) is 5. The van der Waals surface area contributed by atoms with Gasteiger partial charge in [0.15, 0.2) is 11.5 Å². The number of carbonyl (C=O) groups is 1. The molecule has 0 aliphatic rings. The summed E-state index contributed by atoms with van der Waals surface area (Å²) in [5, 5.41) is 2.97. The molecule has 1 N–H and O–H groups in total. The molecule has 0 spiro atoms. The van der Waals surface area contributed by atoms with Gasteiger partial charge in [0.05, 0.1) is 5.52 Å². The lowest BCUT2D eigenvalue weighted by atomic mass is 10.2. The van der Waals surface area contributed by atoms with Crippen molar-refractivity contribution in [2.45, 2.75) is 6.42 Å². The highest BCUT2D eigenvalue weighted by atomic mass is 16.1. The van der Waals surface area contributed by atoms with Gasteiger partial charge in [0, 0.05) is 37.0 Å². The van der Waals surface area contributed by atoms with Crippen molar-refractivity contribution < 1.29 is 4.79 Å². The number of imidazole rings is 2. The van der Waals surface area contributed by atoms with Crippen molar-refractivity contribution in [1.82, 2.24) is 29.2 Å². The Morgan fingerprint density at radius 1 is 0.968 bits per heavy atom. The van der Waals surface area contributed by atoms with Gasteiger partial charge in [-0.25, -0.2) is 9.97 Å². The summed E-state index contributed by atoms with van der Waals surface area (Å²) in [6.45, 7) is 0.521. The lowest BCUT2D eigenvalue weighted by molar-refractivity contribution is 0.0951. The van der Waals surface area contributed by atoms with Crippen LogP contribution in [0.4, 0.5) is 0 Å². The third kappa shape index (κ3) is 3.81. The third-order valence-electron chi connectivity index (χ3n) is 5.08. The summed E-state index contributed by atoms with van der Waals surface area (Å²) in [4.78, 5) is 26.1. The number of rotatable bonds is 6. The number of carbonyl (C=O) groups excluding carboxylic acids is 1. The number of aromatic nitrogens is 5. The maximum absolute atomic E-state index is 12.9. The van der Waals surface area contributed by atoms with Gasteiger partial charge in [0.1, 0.15) is 12.0 Å². The van der Waals surface area contributed by atoms with Gasteiger partial charge >= 0.3 is 0 Å². The van der Waals surface area contributed by atoms with Crippen LogP contribution in [-0.4, -0.2) is 36.4 Å². The molecule has 0 saturated carbocycles. The van der Waals surface area contributed by atoms with E-state index >= 15 is 0 Å². The van der Waals surface area contributed by atoms with E-state index in [2.05, 4.69) is 20.3 Å². The zero-order chi connectivity index (χ0) is 21.0. The fourth-order valence-corrected chi connectivity index (χ4v) is 3.52. The summed E-state index contributed by atoms with van der Waals surface area (Å²) < 4.78 is 3.84. The number of para-hydroxylation sites is 1. The zero-order valence-electron chi connectivity index (χ0n) is 16.7. The first-order valence-electron chi connectivity index (χ1n) is 10.0. The van der Waals surface area contributed by atoms with Gasteiger partial charge < -0.3 is 9.88 Å². The van der Waals surface area contributed by atoms with Crippen LogP contribution in [0.1, 0.15) is 16.1 Å². The van der Waals surface area contributed by atoms with Gasteiger partial charge in [0.25, 0.3) is 5.91 Å². The SMILES string of the molecule is O=C(NCCc1ccncc1)c1nc(-c2cn(-c3ccccc3)cn2)n2ccccc12.